The molecule has 1 fully saturated rings. The van der Waals surface area contributed by atoms with Crippen LogP contribution in [-0.2, 0) is 9.59 Å². The van der Waals surface area contributed by atoms with E-state index in [-0.39, 0.29) is 24.3 Å². The van der Waals surface area contributed by atoms with Gasteiger partial charge < -0.3 is 10.2 Å². The third-order valence-electron chi connectivity index (χ3n) is 5.79. The summed E-state index contributed by atoms with van der Waals surface area (Å²) in [6.45, 7) is 5.62. The third kappa shape index (κ3) is 2.68. The Labute approximate surface area is 164 Å². The first-order valence-corrected chi connectivity index (χ1v) is 9.43. The average molecular weight is 377 g/mol. The van der Waals surface area contributed by atoms with E-state index in [1.165, 1.54) is 4.90 Å². The van der Waals surface area contributed by atoms with E-state index in [4.69, 9.17) is 0 Å². The first kappa shape index (κ1) is 18.2. The molecule has 2 aliphatic heterocycles. The summed E-state index contributed by atoms with van der Waals surface area (Å²) in [5, 5.41) is 2.94. The molecule has 0 aromatic heterocycles. The van der Waals surface area contributed by atoms with Crippen molar-refractivity contribution in [1.82, 2.24) is 4.90 Å². The maximum atomic E-state index is 13.2. The number of nitrogens with zero attached hydrogens (tertiary/aromatic N) is 2. The van der Waals surface area contributed by atoms with Crippen molar-refractivity contribution in [2.45, 2.75) is 39.3 Å². The molecular formula is C22H23N3O3. The van der Waals surface area contributed by atoms with Crippen LogP contribution in [0.5, 0.6) is 0 Å². The molecule has 0 spiro atoms. The summed E-state index contributed by atoms with van der Waals surface area (Å²) in [4.78, 5) is 41.8. The first-order valence-electron chi connectivity index (χ1n) is 9.43. The van der Waals surface area contributed by atoms with Gasteiger partial charge in [0.1, 0.15) is 12.2 Å². The monoisotopic (exact) mass is 377 g/mol. The Kier molecular flexibility index (Phi) is 4.22. The van der Waals surface area contributed by atoms with E-state index in [0.29, 0.717) is 24.1 Å². The molecule has 6 nitrogen and oxygen atoms in total. The number of aryl methyl sites for hydroxylation is 2. The second kappa shape index (κ2) is 6.48. The molecule has 144 valence electrons. The summed E-state index contributed by atoms with van der Waals surface area (Å²) >= 11 is 0. The summed E-state index contributed by atoms with van der Waals surface area (Å²) in [6, 6.07) is 12.9. The summed E-state index contributed by atoms with van der Waals surface area (Å²) in [5.41, 5.74) is 2.95. The molecule has 2 aliphatic rings. The van der Waals surface area contributed by atoms with E-state index in [0.717, 1.165) is 16.8 Å². The van der Waals surface area contributed by atoms with Gasteiger partial charge in [0, 0.05) is 12.1 Å². The van der Waals surface area contributed by atoms with E-state index in [1.54, 1.807) is 23.1 Å². The van der Waals surface area contributed by atoms with Crippen LogP contribution in [-0.4, -0.2) is 34.8 Å². The van der Waals surface area contributed by atoms with E-state index < -0.39 is 5.66 Å². The summed E-state index contributed by atoms with van der Waals surface area (Å²) in [6.07, 6.45) is 0.857. The van der Waals surface area contributed by atoms with Crippen LogP contribution in [0.4, 0.5) is 11.4 Å². The number of anilines is 2. The molecule has 3 amide bonds. The lowest BCUT2D eigenvalue weighted by molar-refractivity contribution is -0.120. The number of rotatable bonds is 3. The Balaban J connectivity index is 1.67. The van der Waals surface area contributed by atoms with Crippen molar-refractivity contribution in [3.63, 3.8) is 0 Å². The van der Waals surface area contributed by atoms with Crippen LogP contribution in [0.15, 0.2) is 42.5 Å². The number of nitrogens with one attached hydrogen (secondary N) is 1. The predicted octanol–water partition coefficient (Wildman–Crippen LogP) is 3.24. The predicted molar refractivity (Wildman–Crippen MR) is 107 cm³/mol. The summed E-state index contributed by atoms with van der Waals surface area (Å²) in [7, 11) is 0. The fourth-order valence-corrected chi connectivity index (χ4v) is 4.28. The lowest BCUT2D eigenvalue weighted by atomic mass is 9.98. The average Bonchev–Trinajstić information content (AvgIpc) is 2.98. The zero-order chi connectivity index (χ0) is 20.1. The van der Waals surface area contributed by atoms with Crippen molar-refractivity contribution in [1.29, 1.82) is 0 Å². The molecule has 1 unspecified atom stereocenters. The smallest absolute Gasteiger partial charge is 0.258 e. The van der Waals surface area contributed by atoms with Crippen molar-refractivity contribution in [3.05, 3.63) is 59.2 Å². The van der Waals surface area contributed by atoms with Gasteiger partial charge in [0.15, 0.2) is 0 Å². The molecular weight excluding hydrogens is 354 g/mol. The quantitative estimate of drug-likeness (QED) is 0.893. The number of carbonyl (C=O) groups is 3. The standard InChI is InChI=1S/C22H23N3O3/c1-14-7-6-8-15(2)20(14)23-18(26)13-24-21(28)16-9-4-5-10-17(16)25-19(27)11-12-22(24,25)3/h4-10H,11-13H2,1-3H3,(H,23,26). The summed E-state index contributed by atoms with van der Waals surface area (Å²) in [5.74, 6) is -0.519. The van der Waals surface area contributed by atoms with Gasteiger partial charge in [-0.25, -0.2) is 0 Å². The van der Waals surface area contributed by atoms with Gasteiger partial charge in [-0.3, -0.25) is 19.3 Å². The molecule has 1 atom stereocenters. The second-order valence-corrected chi connectivity index (χ2v) is 7.67. The highest BCUT2D eigenvalue weighted by Gasteiger charge is 2.53. The molecule has 28 heavy (non-hydrogen) atoms. The lowest BCUT2D eigenvalue weighted by Crippen LogP contribution is -2.63. The molecule has 0 bridgehead atoms. The zero-order valence-electron chi connectivity index (χ0n) is 16.3. The van der Waals surface area contributed by atoms with Gasteiger partial charge >= 0.3 is 0 Å². The van der Waals surface area contributed by atoms with Crippen molar-refractivity contribution in [3.8, 4) is 0 Å². The molecule has 0 saturated carbocycles. The topological polar surface area (TPSA) is 69.7 Å². The Morgan fingerprint density at radius 2 is 1.75 bits per heavy atom. The number of carbonyl (C=O) groups excluding carboxylic acids is 3. The van der Waals surface area contributed by atoms with Crippen LogP contribution in [0.25, 0.3) is 0 Å². The van der Waals surface area contributed by atoms with Crippen LogP contribution in [0, 0.1) is 13.8 Å². The van der Waals surface area contributed by atoms with Gasteiger partial charge in [-0.1, -0.05) is 30.3 Å². The van der Waals surface area contributed by atoms with Crippen molar-refractivity contribution >= 4 is 29.1 Å². The Hall–Kier alpha value is -3.15. The van der Waals surface area contributed by atoms with E-state index in [2.05, 4.69) is 5.32 Å². The number of fused-ring (bicyclic) bond motifs is 3. The SMILES string of the molecule is Cc1cccc(C)c1NC(=O)CN1C(=O)c2ccccc2N2C(=O)CCC12C. The minimum Gasteiger partial charge on any atom is -0.324 e. The van der Waals surface area contributed by atoms with E-state index >= 15 is 0 Å². The minimum absolute atomic E-state index is 0.0254. The van der Waals surface area contributed by atoms with Crippen molar-refractivity contribution in [2.75, 3.05) is 16.8 Å². The third-order valence-corrected chi connectivity index (χ3v) is 5.79. The highest BCUT2D eigenvalue weighted by Crippen LogP contribution is 2.43. The number of amides is 3. The fourth-order valence-electron chi connectivity index (χ4n) is 4.28. The molecule has 4 rings (SSSR count). The van der Waals surface area contributed by atoms with Gasteiger partial charge in [0.25, 0.3) is 5.91 Å². The van der Waals surface area contributed by atoms with Gasteiger partial charge in [0.2, 0.25) is 11.8 Å². The number of benzene rings is 2. The van der Waals surface area contributed by atoms with E-state index in [1.807, 2.05) is 45.0 Å². The molecule has 1 N–H and O–H groups in total. The van der Waals surface area contributed by atoms with Gasteiger partial charge in [-0.2, -0.15) is 0 Å². The van der Waals surface area contributed by atoms with Gasteiger partial charge in [-0.15, -0.1) is 0 Å². The lowest BCUT2D eigenvalue weighted by Gasteiger charge is -2.48. The van der Waals surface area contributed by atoms with Gasteiger partial charge in [0.05, 0.1) is 11.3 Å². The van der Waals surface area contributed by atoms with Crippen LogP contribution >= 0.6 is 0 Å². The molecule has 6 heteroatoms. The zero-order valence-corrected chi connectivity index (χ0v) is 16.3. The van der Waals surface area contributed by atoms with Crippen LogP contribution < -0.4 is 10.2 Å². The molecule has 2 aromatic rings. The Morgan fingerprint density at radius 3 is 2.46 bits per heavy atom. The Morgan fingerprint density at radius 1 is 1.07 bits per heavy atom. The Bertz CT molecular complexity index is 980. The number of hydrogen-bond donors (Lipinski definition) is 1. The highest BCUT2D eigenvalue weighted by molar-refractivity contribution is 6.11. The van der Waals surface area contributed by atoms with Crippen LogP contribution in [0.2, 0.25) is 0 Å². The van der Waals surface area contributed by atoms with E-state index in [9.17, 15) is 14.4 Å². The normalized spacial score (nSPS) is 20.8. The first-order chi connectivity index (χ1) is 13.3. The number of hydrogen-bond acceptors (Lipinski definition) is 3. The fraction of sp³-hybridized carbons (Fsp3) is 0.318. The van der Waals surface area contributed by atoms with Crippen LogP contribution in [0.1, 0.15) is 41.3 Å². The van der Waals surface area contributed by atoms with Crippen molar-refractivity contribution in [2.24, 2.45) is 0 Å². The molecule has 0 radical (unpaired) electrons. The summed E-state index contributed by atoms with van der Waals surface area (Å²) < 4.78 is 0. The second-order valence-electron chi connectivity index (χ2n) is 7.67. The van der Waals surface area contributed by atoms with Crippen molar-refractivity contribution < 1.29 is 14.4 Å². The molecule has 2 aromatic carbocycles. The largest absolute Gasteiger partial charge is 0.324 e. The molecule has 0 aliphatic carbocycles. The van der Waals surface area contributed by atoms with Gasteiger partial charge in [-0.05, 0) is 50.5 Å². The molecule has 2 heterocycles. The highest BCUT2D eigenvalue weighted by atomic mass is 16.2. The number of para-hydroxylation sites is 2. The maximum Gasteiger partial charge on any atom is 0.258 e. The maximum absolute atomic E-state index is 13.2. The van der Waals surface area contributed by atoms with Crippen LogP contribution in [0.3, 0.4) is 0 Å². The molecule has 1 saturated heterocycles. The minimum atomic E-state index is -0.833.